The molecule has 1 amide bonds. The molecule has 0 saturated carbocycles. The molecule has 2 heterocycles. The van der Waals surface area contributed by atoms with Crippen LogP contribution < -0.4 is 25.0 Å². The van der Waals surface area contributed by atoms with Crippen molar-refractivity contribution in [3.8, 4) is 11.5 Å². The first-order valence-corrected chi connectivity index (χ1v) is 13.3. The first-order chi connectivity index (χ1) is 19.5. The van der Waals surface area contributed by atoms with Gasteiger partial charge in [0.05, 0.1) is 36.1 Å². The smallest absolute Gasteiger partial charge is 0.416 e. The minimum Gasteiger partial charge on any atom is -0.497 e. The molecule has 3 aromatic rings. The van der Waals surface area contributed by atoms with Gasteiger partial charge in [0.1, 0.15) is 29.7 Å². The molecular formula is C30H30F5N3O3. The van der Waals surface area contributed by atoms with Crippen LogP contribution in [0, 0.1) is 11.6 Å². The molecule has 5 rings (SSSR count). The second-order valence-electron chi connectivity index (χ2n) is 10.5. The van der Waals surface area contributed by atoms with Crippen LogP contribution in [0.4, 0.5) is 33.3 Å². The van der Waals surface area contributed by atoms with Crippen LogP contribution in [0.15, 0.2) is 54.6 Å². The van der Waals surface area contributed by atoms with Crippen molar-refractivity contribution in [3.05, 3.63) is 82.9 Å². The van der Waals surface area contributed by atoms with Gasteiger partial charge >= 0.3 is 6.18 Å². The van der Waals surface area contributed by atoms with Crippen molar-refractivity contribution in [2.24, 2.45) is 5.73 Å². The summed E-state index contributed by atoms with van der Waals surface area (Å²) >= 11 is 0. The molecule has 1 saturated heterocycles. The average Bonchev–Trinajstić information content (AvgIpc) is 2.94. The van der Waals surface area contributed by atoms with Gasteiger partial charge in [0.15, 0.2) is 0 Å². The van der Waals surface area contributed by atoms with Crippen LogP contribution in [-0.2, 0) is 23.9 Å². The van der Waals surface area contributed by atoms with E-state index in [1.54, 1.807) is 24.1 Å². The predicted octanol–water partition coefficient (Wildman–Crippen LogP) is 5.85. The van der Waals surface area contributed by atoms with Crippen molar-refractivity contribution >= 4 is 17.3 Å². The van der Waals surface area contributed by atoms with Gasteiger partial charge in [-0.3, -0.25) is 4.79 Å². The molecule has 41 heavy (non-hydrogen) atoms. The Morgan fingerprint density at radius 1 is 0.951 bits per heavy atom. The van der Waals surface area contributed by atoms with Gasteiger partial charge in [-0.05, 0) is 67.3 Å². The third kappa shape index (κ3) is 6.09. The van der Waals surface area contributed by atoms with Gasteiger partial charge in [-0.15, -0.1) is 0 Å². The summed E-state index contributed by atoms with van der Waals surface area (Å²) in [4.78, 5) is 15.9. The number of piperidine rings is 1. The molecule has 3 aromatic carbocycles. The van der Waals surface area contributed by atoms with E-state index in [9.17, 15) is 22.4 Å². The minimum absolute atomic E-state index is 0.0928. The first-order valence-electron chi connectivity index (χ1n) is 13.3. The van der Waals surface area contributed by atoms with E-state index in [0.29, 0.717) is 55.5 Å². The Morgan fingerprint density at radius 2 is 1.66 bits per heavy atom. The number of ether oxygens (including phenoxy) is 2. The van der Waals surface area contributed by atoms with Crippen molar-refractivity contribution in [1.82, 2.24) is 0 Å². The first kappa shape index (κ1) is 28.7. The lowest BCUT2D eigenvalue weighted by Crippen LogP contribution is -2.54. The van der Waals surface area contributed by atoms with E-state index < -0.39 is 28.9 Å². The van der Waals surface area contributed by atoms with Crippen LogP contribution in [-0.4, -0.2) is 38.3 Å². The molecule has 2 N–H and O–H groups in total. The summed E-state index contributed by atoms with van der Waals surface area (Å²) in [6.45, 7) is 0.940. The van der Waals surface area contributed by atoms with Gasteiger partial charge in [0.2, 0.25) is 5.91 Å². The Balaban J connectivity index is 1.27. The fourth-order valence-corrected chi connectivity index (χ4v) is 5.33. The zero-order valence-corrected chi connectivity index (χ0v) is 22.4. The van der Waals surface area contributed by atoms with Crippen LogP contribution in [0.1, 0.15) is 36.0 Å². The molecule has 6 nitrogen and oxygen atoms in total. The molecule has 0 atom stereocenters. The summed E-state index contributed by atoms with van der Waals surface area (Å²) in [5, 5.41) is 0. The van der Waals surface area contributed by atoms with Crippen LogP contribution >= 0.6 is 0 Å². The van der Waals surface area contributed by atoms with Crippen molar-refractivity contribution < 1.29 is 36.2 Å². The van der Waals surface area contributed by atoms with E-state index in [-0.39, 0.29) is 36.9 Å². The standard InChI is InChI=1S/C30H30F5N3O3/c1-40-21-5-2-19(3-6-21)17-38-27(39)11-7-22-26(10-8-23(31)28(22)38)41-18-29(36)12-14-37(15-13-29)25-9-4-20(16-24(25)32)30(33,34)35/h2-6,8-10,16H,7,11-15,17-18,36H2,1H3. The van der Waals surface area contributed by atoms with Crippen molar-refractivity contribution in [3.63, 3.8) is 0 Å². The van der Waals surface area contributed by atoms with E-state index in [1.807, 2.05) is 12.1 Å². The quantitative estimate of drug-likeness (QED) is 0.358. The van der Waals surface area contributed by atoms with Crippen molar-refractivity contribution in [2.75, 3.05) is 36.6 Å². The Kier molecular flexibility index (Phi) is 7.83. The van der Waals surface area contributed by atoms with Crippen molar-refractivity contribution in [1.29, 1.82) is 0 Å². The summed E-state index contributed by atoms with van der Waals surface area (Å²) < 4.78 is 79.6. The molecule has 0 aliphatic carbocycles. The number of anilines is 2. The fourth-order valence-electron chi connectivity index (χ4n) is 5.33. The number of nitrogens with zero attached hydrogens (tertiary/aromatic N) is 2. The van der Waals surface area contributed by atoms with Gasteiger partial charge < -0.3 is 25.0 Å². The number of carbonyl (C=O) groups is 1. The lowest BCUT2D eigenvalue weighted by atomic mass is 9.89. The molecule has 0 bridgehead atoms. The molecule has 2 aliphatic rings. The number of fused-ring (bicyclic) bond motifs is 1. The van der Waals surface area contributed by atoms with E-state index in [4.69, 9.17) is 15.2 Å². The molecule has 0 radical (unpaired) electrons. The Morgan fingerprint density at radius 3 is 2.29 bits per heavy atom. The molecule has 0 aromatic heterocycles. The Labute approximate surface area is 234 Å². The highest BCUT2D eigenvalue weighted by Crippen LogP contribution is 2.39. The lowest BCUT2D eigenvalue weighted by Gasteiger charge is -2.40. The fraction of sp³-hybridized carbons (Fsp3) is 0.367. The second kappa shape index (κ2) is 11.2. The van der Waals surface area contributed by atoms with Gasteiger partial charge in [0.25, 0.3) is 0 Å². The normalized spacial score (nSPS) is 16.9. The highest BCUT2D eigenvalue weighted by atomic mass is 19.4. The molecule has 2 aliphatic heterocycles. The summed E-state index contributed by atoms with van der Waals surface area (Å²) in [5.74, 6) is -0.542. The maximum absolute atomic E-state index is 15.1. The molecular weight excluding hydrogens is 545 g/mol. The number of carbonyl (C=O) groups excluding carboxylic acids is 1. The van der Waals surface area contributed by atoms with Crippen LogP contribution in [0.2, 0.25) is 0 Å². The largest absolute Gasteiger partial charge is 0.497 e. The number of methoxy groups -OCH3 is 1. The van der Waals surface area contributed by atoms with E-state index in [2.05, 4.69) is 0 Å². The summed E-state index contributed by atoms with van der Waals surface area (Å²) in [6.07, 6.45) is -3.30. The summed E-state index contributed by atoms with van der Waals surface area (Å²) in [7, 11) is 1.56. The van der Waals surface area contributed by atoms with E-state index in [1.165, 1.54) is 17.0 Å². The van der Waals surface area contributed by atoms with Crippen molar-refractivity contribution in [2.45, 2.75) is 43.9 Å². The van der Waals surface area contributed by atoms with Crippen LogP contribution in [0.3, 0.4) is 0 Å². The third-order valence-electron chi connectivity index (χ3n) is 7.74. The highest BCUT2D eigenvalue weighted by molar-refractivity contribution is 5.97. The topological polar surface area (TPSA) is 68.0 Å². The molecule has 11 heteroatoms. The Bertz CT molecular complexity index is 1420. The van der Waals surface area contributed by atoms with Gasteiger partial charge in [-0.1, -0.05) is 12.1 Å². The van der Waals surface area contributed by atoms with E-state index in [0.717, 1.165) is 17.7 Å². The summed E-state index contributed by atoms with van der Waals surface area (Å²) in [6, 6.07) is 12.5. The molecule has 0 unspecified atom stereocenters. The predicted molar refractivity (Wildman–Crippen MR) is 144 cm³/mol. The number of nitrogens with two attached hydrogens (primary N) is 1. The minimum atomic E-state index is -4.62. The zero-order valence-electron chi connectivity index (χ0n) is 22.4. The maximum atomic E-state index is 15.1. The van der Waals surface area contributed by atoms with Crippen LogP contribution in [0.25, 0.3) is 0 Å². The molecule has 0 spiro atoms. The maximum Gasteiger partial charge on any atom is 0.416 e. The summed E-state index contributed by atoms with van der Waals surface area (Å²) in [5.41, 5.74) is 6.47. The third-order valence-corrected chi connectivity index (χ3v) is 7.74. The number of halogens is 5. The number of hydrogen-bond donors (Lipinski definition) is 1. The number of benzene rings is 3. The zero-order chi connectivity index (χ0) is 29.4. The second-order valence-corrected chi connectivity index (χ2v) is 10.5. The van der Waals surface area contributed by atoms with E-state index >= 15 is 4.39 Å². The number of amides is 1. The number of alkyl halides is 3. The van der Waals surface area contributed by atoms with Gasteiger partial charge in [0, 0.05) is 25.1 Å². The van der Waals surface area contributed by atoms with Gasteiger partial charge in [-0.25, -0.2) is 8.78 Å². The van der Waals surface area contributed by atoms with Crippen LogP contribution in [0.5, 0.6) is 11.5 Å². The SMILES string of the molecule is COc1ccc(CN2C(=O)CCc3c(OCC4(N)CCN(c5ccc(C(F)(F)F)cc5F)CC4)ccc(F)c32)cc1. The highest BCUT2D eigenvalue weighted by Gasteiger charge is 2.36. The average molecular weight is 576 g/mol. The molecule has 1 fully saturated rings. The monoisotopic (exact) mass is 575 g/mol. The molecule has 218 valence electrons. The lowest BCUT2D eigenvalue weighted by molar-refractivity contribution is -0.137. The number of rotatable bonds is 7. The Hall–Kier alpha value is -3.86. The number of hydrogen-bond acceptors (Lipinski definition) is 5. The van der Waals surface area contributed by atoms with Gasteiger partial charge in [-0.2, -0.15) is 13.2 Å².